The van der Waals surface area contributed by atoms with Gasteiger partial charge in [0.15, 0.2) is 5.82 Å². The van der Waals surface area contributed by atoms with Crippen molar-refractivity contribution in [1.82, 2.24) is 19.9 Å². The van der Waals surface area contributed by atoms with E-state index in [9.17, 15) is 8.42 Å². The first-order valence-corrected chi connectivity index (χ1v) is 10.4. The van der Waals surface area contributed by atoms with Gasteiger partial charge in [0.25, 0.3) is 0 Å². The third-order valence-corrected chi connectivity index (χ3v) is 5.45. The van der Waals surface area contributed by atoms with Gasteiger partial charge in [0, 0.05) is 24.3 Å². The summed E-state index contributed by atoms with van der Waals surface area (Å²) in [6, 6.07) is 11.6. The van der Waals surface area contributed by atoms with Gasteiger partial charge in [0.2, 0.25) is 10.0 Å². The molecule has 0 aliphatic heterocycles. The summed E-state index contributed by atoms with van der Waals surface area (Å²) in [7, 11) is -2.37. The van der Waals surface area contributed by atoms with Crippen molar-refractivity contribution in [3.05, 3.63) is 59.9 Å². The molecule has 0 spiro atoms. The highest BCUT2D eigenvalue weighted by atomic mass is 35.5. The van der Waals surface area contributed by atoms with Gasteiger partial charge < -0.3 is 15.4 Å². The zero-order valence-corrected chi connectivity index (χ0v) is 17.0. The number of methoxy groups -OCH3 is 1. The molecule has 0 fully saturated rings. The fourth-order valence-electron chi connectivity index (χ4n) is 2.39. The molecule has 3 aromatic rings. The molecule has 0 saturated carbocycles. The van der Waals surface area contributed by atoms with Gasteiger partial charge in [-0.3, -0.25) is 4.98 Å². The third-order valence-electron chi connectivity index (χ3n) is 3.74. The van der Waals surface area contributed by atoms with E-state index in [1.54, 1.807) is 30.6 Å². The van der Waals surface area contributed by atoms with E-state index >= 15 is 0 Å². The number of ether oxygens (including phenoxy) is 1. The van der Waals surface area contributed by atoms with Crippen LogP contribution in [0.25, 0.3) is 0 Å². The number of pyridine rings is 1. The highest BCUT2D eigenvalue weighted by Crippen LogP contribution is 2.26. The van der Waals surface area contributed by atoms with Gasteiger partial charge in [0.05, 0.1) is 19.0 Å². The lowest BCUT2D eigenvalue weighted by Crippen LogP contribution is -2.29. The average Bonchev–Trinajstić information content (AvgIpc) is 2.73. The number of halogens is 1. The summed E-state index contributed by atoms with van der Waals surface area (Å²) in [6.45, 7) is 0.446. The molecule has 0 amide bonds. The van der Waals surface area contributed by atoms with Crippen LogP contribution in [0.4, 0.5) is 17.3 Å². The molecule has 1 aromatic carbocycles. The zero-order chi connectivity index (χ0) is 20.7. The van der Waals surface area contributed by atoms with E-state index in [0.29, 0.717) is 23.2 Å². The average molecular weight is 435 g/mol. The summed E-state index contributed by atoms with van der Waals surface area (Å²) >= 11 is 5.90. The van der Waals surface area contributed by atoms with Crippen molar-refractivity contribution >= 4 is 38.9 Å². The minimum Gasteiger partial charge on any atom is -0.495 e. The number of anilines is 3. The lowest BCUT2D eigenvalue weighted by molar-refractivity contribution is 0.402. The number of nitrogens with zero attached hydrogens (tertiary/aromatic N) is 3. The number of aromatic nitrogens is 3. The van der Waals surface area contributed by atoms with Crippen LogP contribution >= 0.6 is 11.6 Å². The minimum absolute atomic E-state index is 0.0156. The Morgan fingerprint density at radius 1 is 1.07 bits per heavy atom. The van der Waals surface area contributed by atoms with Crippen molar-refractivity contribution < 1.29 is 13.2 Å². The van der Waals surface area contributed by atoms with Gasteiger partial charge in [-0.2, -0.15) is 0 Å². The summed E-state index contributed by atoms with van der Waals surface area (Å²) < 4.78 is 32.5. The SMILES string of the molecule is COc1ccc(Cl)cc1S(=O)(=O)NCCNc1ccc(Nc2cccnc2)nn1. The van der Waals surface area contributed by atoms with Gasteiger partial charge in [-0.1, -0.05) is 11.6 Å². The Kier molecular flexibility index (Phi) is 6.81. The maximum atomic E-state index is 12.5. The largest absolute Gasteiger partial charge is 0.495 e. The Morgan fingerprint density at radius 2 is 1.86 bits per heavy atom. The predicted octanol–water partition coefficient (Wildman–Crippen LogP) is 2.67. The number of hydrogen-bond donors (Lipinski definition) is 3. The van der Waals surface area contributed by atoms with Crippen LogP contribution in [0.2, 0.25) is 5.02 Å². The molecule has 3 N–H and O–H groups in total. The second kappa shape index (κ2) is 9.50. The second-order valence-corrected chi connectivity index (χ2v) is 7.96. The van der Waals surface area contributed by atoms with Crippen molar-refractivity contribution in [3.8, 4) is 5.75 Å². The maximum Gasteiger partial charge on any atom is 0.244 e. The highest BCUT2D eigenvalue weighted by molar-refractivity contribution is 7.89. The van der Waals surface area contributed by atoms with Crippen LogP contribution in [0, 0.1) is 0 Å². The third kappa shape index (κ3) is 5.76. The van der Waals surface area contributed by atoms with Crippen molar-refractivity contribution in [2.45, 2.75) is 4.90 Å². The molecule has 0 bridgehead atoms. The van der Waals surface area contributed by atoms with Crippen molar-refractivity contribution in [2.24, 2.45) is 0 Å². The van der Waals surface area contributed by atoms with Crippen molar-refractivity contribution in [3.63, 3.8) is 0 Å². The number of nitrogens with one attached hydrogen (secondary N) is 3. The number of benzene rings is 1. The van der Waals surface area contributed by atoms with Crippen LogP contribution in [0.5, 0.6) is 5.75 Å². The van der Waals surface area contributed by atoms with Crippen LogP contribution in [-0.4, -0.2) is 43.8 Å². The van der Waals surface area contributed by atoms with Crippen LogP contribution in [0.1, 0.15) is 0 Å². The Morgan fingerprint density at radius 3 is 2.55 bits per heavy atom. The van der Waals surface area contributed by atoms with E-state index in [4.69, 9.17) is 16.3 Å². The first-order valence-electron chi connectivity index (χ1n) is 8.56. The van der Waals surface area contributed by atoms with Crippen LogP contribution in [-0.2, 0) is 10.0 Å². The predicted molar refractivity (Wildman–Crippen MR) is 111 cm³/mol. The molecule has 0 radical (unpaired) electrons. The highest BCUT2D eigenvalue weighted by Gasteiger charge is 2.19. The Balaban J connectivity index is 1.52. The van der Waals surface area contributed by atoms with Gasteiger partial charge in [-0.05, 0) is 42.5 Å². The first kappa shape index (κ1) is 20.8. The standard InChI is InChI=1S/C18H19ClN6O3S/c1-28-15-5-4-13(19)11-16(15)29(26,27)22-10-9-21-17-6-7-18(25-24-17)23-14-3-2-8-20-12-14/h2-8,11-12,22H,9-10H2,1H3,(H,21,24)(H,23,25). The van der Waals surface area contributed by atoms with E-state index in [1.807, 2.05) is 12.1 Å². The maximum absolute atomic E-state index is 12.5. The van der Waals surface area contributed by atoms with Gasteiger partial charge in [-0.15, -0.1) is 10.2 Å². The summed E-state index contributed by atoms with van der Waals surface area (Å²) in [5, 5.41) is 14.5. The molecule has 2 heterocycles. The second-order valence-electron chi connectivity index (χ2n) is 5.79. The smallest absolute Gasteiger partial charge is 0.244 e. The van der Waals surface area contributed by atoms with Crippen LogP contribution in [0.15, 0.2) is 59.8 Å². The number of hydrogen-bond acceptors (Lipinski definition) is 8. The molecular weight excluding hydrogens is 416 g/mol. The lowest BCUT2D eigenvalue weighted by Gasteiger charge is -2.11. The molecule has 0 aliphatic carbocycles. The van der Waals surface area contributed by atoms with E-state index in [0.717, 1.165) is 5.69 Å². The molecular formula is C18H19ClN6O3S. The van der Waals surface area contributed by atoms with E-state index in [-0.39, 0.29) is 17.2 Å². The molecule has 9 nitrogen and oxygen atoms in total. The molecule has 0 aliphatic rings. The van der Waals surface area contributed by atoms with Gasteiger partial charge >= 0.3 is 0 Å². The monoisotopic (exact) mass is 434 g/mol. The Hall–Kier alpha value is -2.95. The molecule has 29 heavy (non-hydrogen) atoms. The van der Waals surface area contributed by atoms with Crippen LogP contribution in [0.3, 0.4) is 0 Å². The fraction of sp³-hybridized carbons (Fsp3) is 0.167. The Labute approximate surface area is 173 Å². The topological polar surface area (TPSA) is 118 Å². The number of rotatable bonds is 9. The molecule has 0 saturated heterocycles. The molecule has 3 rings (SSSR count). The van der Waals surface area contributed by atoms with Gasteiger partial charge in [-0.25, -0.2) is 13.1 Å². The minimum atomic E-state index is -3.77. The van der Waals surface area contributed by atoms with Gasteiger partial charge in [0.1, 0.15) is 16.5 Å². The molecule has 2 aromatic heterocycles. The summed E-state index contributed by atoms with van der Waals surface area (Å²) in [6.07, 6.45) is 3.36. The zero-order valence-electron chi connectivity index (χ0n) is 15.5. The fourth-order valence-corrected chi connectivity index (χ4v) is 3.85. The summed E-state index contributed by atoms with van der Waals surface area (Å²) in [4.78, 5) is 4.00. The molecule has 11 heteroatoms. The quantitative estimate of drug-likeness (QED) is 0.440. The normalized spacial score (nSPS) is 11.1. The molecule has 0 atom stereocenters. The first-order chi connectivity index (χ1) is 14.0. The summed E-state index contributed by atoms with van der Waals surface area (Å²) in [5.41, 5.74) is 0.799. The summed E-state index contributed by atoms with van der Waals surface area (Å²) in [5.74, 6) is 1.30. The Bertz CT molecular complexity index is 1050. The van der Waals surface area contributed by atoms with Crippen molar-refractivity contribution in [2.75, 3.05) is 30.8 Å². The van der Waals surface area contributed by atoms with Crippen LogP contribution < -0.4 is 20.1 Å². The van der Waals surface area contributed by atoms with Crippen molar-refractivity contribution in [1.29, 1.82) is 0 Å². The van der Waals surface area contributed by atoms with E-state index in [1.165, 1.54) is 19.2 Å². The van der Waals surface area contributed by atoms with E-state index < -0.39 is 10.0 Å². The lowest BCUT2D eigenvalue weighted by atomic mass is 10.3. The number of sulfonamides is 1. The van der Waals surface area contributed by atoms with E-state index in [2.05, 4.69) is 30.5 Å². The molecule has 152 valence electrons. The molecule has 0 unspecified atom stereocenters.